The summed E-state index contributed by atoms with van der Waals surface area (Å²) in [4.78, 5) is 2.48. The van der Waals surface area contributed by atoms with Crippen LogP contribution in [-0.2, 0) is 16.6 Å². The summed E-state index contributed by atoms with van der Waals surface area (Å²) in [6, 6.07) is 4.63. The van der Waals surface area contributed by atoms with Crippen molar-refractivity contribution in [2.45, 2.75) is 48.8 Å². The average molecular weight is 357 g/mol. The first-order valence-electron chi connectivity index (χ1n) is 9.48. The van der Waals surface area contributed by atoms with Crippen LogP contribution in [0.3, 0.4) is 0 Å². The van der Waals surface area contributed by atoms with Gasteiger partial charge in [0, 0.05) is 25.8 Å². The third-order valence-electron chi connectivity index (χ3n) is 7.33. The number of likely N-dealkylation sites (N-methyl/N-ethyl adjacent to an activating group) is 1. The van der Waals surface area contributed by atoms with Crippen LogP contribution in [0.25, 0.3) is 0 Å². The van der Waals surface area contributed by atoms with Crippen molar-refractivity contribution in [1.82, 2.24) is 10.3 Å². The van der Waals surface area contributed by atoms with Gasteiger partial charge in [-0.1, -0.05) is 6.07 Å². The Bertz CT molecular complexity index is 795. The van der Waals surface area contributed by atoms with E-state index in [1.165, 1.54) is 11.1 Å². The normalized spacial score (nSPS) is 38.7. The minimum absolute atomic E-state index is 0.0924. The Morgan fingerprint density at radius 2 is 2.15 bits per heavy atom. The molecule has 1 saturated heterocycles. The van der Waals surface area contributed by atoms with E-state index in [-0.39, 0.29) is 17.1 Å². The maximum atomic E-state index is 6.63. The van der Waals surface area contributed by atoms with Crippen LogP contribution >= 0.6 is 0 Å². The number of nitrogens with one attached hydrogen (secondary N) is 1. The lowest BCUT2D eigenvalue weighted by molar-refractivity contribution is -0.180. The molecule has 6 heteroatoms. The molecule has 26 heavy (non-hydrogen) atoms. The van der Waals surface area contributed by atoms with Gasteiger partial charge in [0.1, 0.15) is 0 Å². The predicted molar refractivity (Wildman–Crippen MR) is 99.3 cm³/mol. The van der Waals surface area contributed by atoms with Crippen molar-refractivity contribution < 1.29 is 14.2 Å². The van der Waals surface area contributed by atoms with Gasteiger partial charge in [-0.15, -0.1) is 0 Å². The number of hydrogen-bond donors (Lipinski definition) is 1. The molecule has 2 fully saturated rings. The van der Waals surface area contributed by atoms with E-state index in [9.17, 15) is 0 Å². The molecule has 1 spiro atoms. The third-order valence-corrected chi connectivity index (χ3v) is 7.33. The lowest BCUT2D eigenvalue weighted by atomic mass is 9.48. The Labute approximate surface area is 154 Å². The zero-order chi connectivity index (χ0) is 18.1. The van der Waals surface area contributed by atoms with Crippen LogP contribution in [0.15, 0.2) is 17.2 Å². The van der Waals surface area contributed by atoms with Gasteiger partial charge in [0.25, 0.3) is 0 Å². The molecule has 0 radical (unpaired) electrons. The van der Waals surface area contributed by atoms with Crippen molar-refractivity contribution in [3.8, 4) is 11.5 Å². The van der Waals surface area contributed by atoms with Gasteiger partial charge < -0.3 is 24.5 Å². The number of rotatable bonds is 3. The van der Waals surface area contributed by atoms with Gasteiger partial charge in [-0.25, -0.2) is 0 Å². The van der Waals surface area contributed by atoms with Crippen molar-refractivity contribution in [1.29, 1.82) is 0 Å². The molecular formula is C20H27N3O3. The van der Waals surface area contributed by atoms with Crippen LogP contribution in [0.2, 0.25) is 0 Å². The first-order valence-corrected chi connectivity index (χ1v) is 9.48. The maximum absolute atomic E-state index is 6.63. The Kier molecular flexibility index (Phi) is 3.38. The minimum Gasteiger partial charge on any atom is -0.493 e. The number of benzene rings is 1. The monoisotopic (exact) mass is 357 g/mol. The number of hydrazone groups is 1. The molecule has 0 amide bonds. The molecule has 4 aliphatic rings. The van der Waals surface area contributed by atoms with Crippen molar-refractivity contribution in [2.75, 3.05) is 34.9 Å². The number of likely N-dealkylation sites (tertiary alicyclic amines) is 1. The molecule has 0 unspecified atom stereocenters. The van der Waals surface area contributed by atoms with Crippen LogP contribution < -0.4 is 14.9 Å². The quantitative estimate of drug-likeness (QED) is 0.835. The highest BCUT2D eigenvalue weighted by molar-refractivity contribution is 5.94. The van der Waals surface area contributed by atoms with Gasteiger partial charge >= 0.3 is 0 Å². The van der Waals surface area contributed by atoms with Gasteiger partial charge in [0.05, 0.1) is 23.8 Å². The summed E-state index contributed by atoms with van der Waals surface area (Å²) in [5, 5.41) is 4.61. The van der Waals surface area contributed by atoms with Gasteiger partial charge in [-0.05, 0) is 50.9 Å². The summed E-state index contributed by atoms with van der Waals surface area (Å²) in [5.74, 6) is 1.73. The summed E-state index contributed by atoms with van der Waals surface area (Å²) in [7, 11) is 7.69. The van der Waals surface area contributed by atoms with Gasteiger partial charge in [-0.3, -0.25) is 0 Å². The Morgan fingerprint density at radius 3 is 2.88 bits per heavy atom. The lowest BCUT2D eigenvalue weighted by Crippen LogP contribution is -2.76. The van der Waals surface area contributed by atoms with Gasteiger partial charge in [0.15, 0.2) is 17.6 Å². The van der Waals surface area contributed by atoms with Crippen molar-refractivity contribution in [3.05, 3.63) is 23.3 Å². The van der Waals surface area contributed by atoms with E-state index in [2.05, 4.69) is 28.5 Å². The lowest BCUT2D eigenvalue weighted by Gasteiger charge is -2.64. The zero-order valence-electron chi connectivity index (χ0n) is 16.0. The second-order valence-electron chi connectivity index (χ2n) is 7.97. The van der Waals surface area contributed by atoms with Crippen molar-refractivity contribution in [3.63, 3.8) is 0 Å². The number of methoxy groups -OCH3 is 2. The second kappa shape index (κ2) is 5.36. The minimum atomic E-state index is -0.248. The molecule has 6 nitrogen and oxygen atoms in total. The number of nitrogens with zero attached hydrogens (tertiary/aromatic N) is 2. The zero-order valence-corrected chi connectivity index (χ0v) is 16.0. The molecule has 2 bridgehead atoms. The van der Waals surface area contributed by atoms with E-state index in [4.69, 9.17) is 14.2 Å². The Morgan fingerprint density at radius 1 is 1.31 bits per heavy atom. The van der Waals surface area contributed by atoms with Crippen LogP contribution in [0.5, 0.6) is 11.5 Å². The second-order valence-corrected chi connectivity index (χ2v) is 7.97. The fourth-order valence-corrected chi connectivity index (χ4v) is 6.35. The summed E-state index contributed by atoms with van der Waals surface area (Å²) in [6.45, 7) is 1.04. The largest absolute Gasteiger partial charge is 0.493 e. The van der Waals surface area contributed by atoms with Crippen LogP contribution in [0.1, 0.15) is 30.4 Å². The molecule has 0 aromatic heterocycles. The molecule has 5 rings (SSSR count). The summed E-state index contributed by atoms with van der Waals surface area (Å²) in [5.41, 5.74) is 6.33. The molecule has 2 aliphatic heterocycles. The van der Waals surface area contributed by atoms with E-state index in [1.807, 2.05) is 20.2 Å². The highest BCUT2D eigenvalue weighted by atomic mass is 16.5. The fraction of sp³-hybridized carbons (Fsp3) is 0.650. The first-order chi connectivity index (χ1) is 12.6. The molecule has 1 N–H and O–H groups in total. The summed E-state index contributed by atoms with van der Waals surface area (Å²) in [6.07, 6.45) is 3.76. The molecule has 1 aromatic rings. The fourth-order valence-electron chi connectivity index (χ4n) is 6.35. The Balaban J connectivity index is 1.83. The summed E-state index contributed by atoms with van der Waals surface area (Å²) < 4.78 is 18.7. The first kappa shape index (κ1) is 16.4. The molecule has 2 aliphatic carbocycles. The predicted octanol–water partition coefficient (Wildman–Crippen LogP) is 1.71. The van der Waals surface area contributed by atoms with E-state index < -0.39 is 0 Å². The van der Waals surface area contributed by atoms with E-state index in [0.29, 0.717) is 6.04 Å². The van der Waals surface area contributed by atoms with Crippen molar-refractivity contribution in [2.24, 2.45) is 5.10 Å². The molecule has 1 saturated carbocycles. The maximum Gasteiger partial charge on any atom is 0.166 e. The molecular weight excluding hydrogens is 330 g/mol. The molecule has 4 atom stereocenters. The van der Waals surface area contributed by atoms with Gasteiger partial charge in [0.2, 0.25) is 0 Å². The van der Waals surface area contributed by atoms with E-state index in [1.54, 1.807) is 7.11 Å². The average Bonchev–Trinajstić information content (AvgIpc) is 3.01. The molecule has 2 heterocycles. The number of piperidine rings is 1. The molecule has 1 aromatic carbocycles. The van der Waals surface area contributed by atoms with Crippen molar-refractivity contribution >= 4 is 5.71 Å². The van der Waals surface area contributed by atoms with Gasteiger partial charge in [-0.2, -0.15) is 5.10 Å². The smallest absolute Gasteiger partial charge is 0.166 e. The third kappa shape index (κ3) is 1.63. The van der Waals surface area contributed by atoms with Crippen LogP contribution in [0.4, 0.5) is 0 Å². The molecule has 140 valence electrons. The van der Waals surface area contributed by atoms with E-state index >= 15 is 0 Å². The summed E-state index contributed by atoms with van der Waals surface area (Å²) >= 11 is 0. The number of ether oxygens (including phenoxy) is 3. The van der Waals surface area contributed by atoms with E-state index in [0.717, 1.165) is 49.4 Å². The Hall–Kier alpha value is -1.79. The topological polar surface area (TPSA) is 55.3 Å². The highest BCUT2D eigenvalue weighted by Crippen LogP contribution is 2.65. The number of hydrogen-bond acceptors (Lipinski definition) is 6. The highest BCUT2D eigenvalue weighted by Gasteiger charge is 2.73. The standard InChI is InChI=1S/C20H27N3O3/c1-21-22-13-7-8-20(25-4)15-11-12-5-6-14(24-3)17-16(12)19(20,18(13)26-17)9-10-23(15)2/h5-6,15,18,21H,7-11H2,1-4H3/b22-13+/t15-,18+,19+,20-/m1/s1. The van der Waals surface area contributed by atoms with Crippen LogP contribution in [-0.4, -0.2) is 63.2 Å². The van der Waals surface area contributed by atoms with Crippen LogP contribution in [0, 0.1) is 0 Å². The SMILES string of the molecule is CN/N=C1\CC[C@@]2(OC)[C@H]3Cc4ccc(OC)c5c4[C@@]2(CCN3C)[C@H]1O5.